The average Bonchev–Trinajstić information content (AvgIpc) is 2.73. The van der Waals surface area contributed by atoms with Gasteiger partial charge in [-0.05, 0) is 19.9 Å². The molecule has 2 rings (SSSR count). The number of ether oxygens (including phenoxy) is 3. The van der Waals surface area contributed by atoms with E-state index in [0.29, 0.717) is 11.3 Å². The van der Waals surface area contributed by atoms with Crippen LogP contribution in [0.1, 0.15) is 25.5 Å². The first-order valence-electron chi connectivity index (χ1n) is 6.27. The fourth-order valence-corrected chi connectivity index (χ4v) is 2.33. The zero-order valence-electron chi connectivity index (χ0n) is 11.5. The Labute approximate surface area is 113 Å². The van der Waals surface area contributed by atoms with Crippen LogP contribution in [0.5, 0.6) is 5.75 Å². The van der Waals surface area contributed by atoms with Gasteiger partial charge in [-0.15, -0.1) is 6.58 Å². The second kappa shape index (κ2) is 5.33. The molecule has 0 spiro atoms. The van der Waals surface area contributed by atoms with Crippen molar-refractivity contribution in [2.45, 2.75) is 37.9 Å². The SMILES string of the molecule is C=C[C@H]1OC(C)(C)O[C@H]1[C@@H](O)c1ccccc1OC. The summed E-state index contributed by atoms with van der Waals surface area (Å²) < 4.78 is 16.7. The quantitative estimate of drug-likeness (QED) is 0.849. The summed E-state index contributed by atoms with van der Waals surface area (Å²) in [7, 11) is 1.58. The van der Waals surface area contributed by atoms with Crippen molar-refractivity contribution in [1.82, 2.24) is 0 Å². The summed E-state index contributed by atoms with van der Waals surface area (Å²) in [6, 6.07) is 7.33. The molecule has 1 aromatic rings. The van der Waals surface area contributed by atoms with E-state index in [2.05, 4.69) is 6.58 Å². The molecule has 1 saturated heterocycles. The molecule has 1 aromatic carbocycles. The van der Waals surface area contributed by atoms with Crippen LogP contribution in [0.3, 0.4) is 0 Å². The summed E-state index contributed by atoms with van der Waals surface area (Å²) in [6.07, 6.45) is -0.0300. The lowest BCUT2D eigenvalue weighted by molar-refractivity contribution is -0.154. The lowest BCUT2D eigenvalue weighted by Crippen LogP contribution is -2.28. The molecule has 0 amide bonds. The van der Waals surface area contributed by atoms with Crippen LogP contribution >= 0.6 is 0 Å². The molecule has 1 aliphatic heterocycles. The number of methoxy groups -OCH3 is 1. The molecule has 0 saturated carbocycles. The number of benzene rings is 1. The Balaban J connectivity index is 2.28. The molecule has 4 heteroatoms. The summed E-state index contributed by atoms with van der Waals surface area (Å²) in [5.74, 6) is -0.0990. The van der Waals surface area contributed by atoms with Crippen LogP contribution in [-0.2, 0) is 9.47 Å². The van der Waals surface area contributed by atoms with Crippen molar-refractivity contribution in [3.05, 3.63) is 42.5 Å². The Morgan fingerprint density at radius 2 is 2.05 bits per heavy atom. The van der Waals surface area contributed by atoms with Gasteiger partial charge in [0.15, 0.2) is 5.79 Å². The van der Waals surface area contributed by atoms with Gasteiger partial charge in [-0.3, -0.25) is 0 Å². The van der Waals surface area contributed by atoms with Crippen molar-refractivity contribution in [1.29, 1.82) is 0 Å². The second-order valence-electron chi connectivity index (χ2n) is 4.99. The van der Waals surface area contributed by atoms with E-state index in [9.17, 15) is 5.11 Å². The minimum Gasteiger partial charge on any atom is -0.496 e. The number of rotatable bonds is 4. The van der Waals surface area contributed by atoms with Crippen LogP contribution in [0.25, 0.3) is 0 Å². The fraction of sp³-hybridized carbons (Fsp3) is 0.467. The molecule has 0 bridgehead atoms. The molecule has 0 aromatic heterocycles. The maximum Gasteiger partial charge on any atom is 0.164 e. The van der Waals surface area contributed by atoms with Gasteiger partial charge in [0.1, 0.15) is 24.1 Å². The van der Waals surface area contributed by atoms with Gasteiger partial charge in [0, 0.05) is 5.56 Å². The summed E-state index contributed by atoms with van der Waals surface area (Å²) in [4.78, 5) is 0. The molecular formula is C15H20O4. The molecule has 1 N–H and O–H groups in total. The van der Waals surface area contributed by atoms with Crippen LogP contribution in [0.15, 0.2) is 36.9 Å². The monoisotopic (exact) mass is 264 g/mol. The molecule has 104 valence electrons. The second-order valence-corrected chi connectivity index (χ2v) is 4.99. The maximum absolute atomic E-state index is 10.5. The highest BCUT2D eigenvalue weighted by Crippen LogP contribution is 2.38. The van der Waals surface area contributed by atoms with Gasteiger partial charge in [0.2, 0.25) is 0 Å². The van der Waals surface area contributed by atoms with Gasteiger partial charge < -0.3 is 19.3 Å². The summed E-state index contributed by atoms with van der Waals surface area (Å²) in [5, 5.41) is 10.5. The van der Waals surface area contributed by atoms with Crippen molar-refractivity contribution in [2.24, 2.45) is 0 Å². The predicted molar refractivity (Wildman–Crippen MR) is 72.0 cm³/mol. The Morgan fingerprint density at radius 1 is 1.37 bits per heavy atom. The number of hydrogen-bond acceptors (Lipinski definition) is 4. The number of aliphatic hydroxyl groups is 1. The van der Waals surface area contributed by atoms with E-state index in [1.54, 1.807) is 13.2 Å². The third kappa shape index (κ3) is 2.81. The van der Waals surface area contributed by atoms with Crippen molar-refractivity contribution in [3.8, 4) is 5.75 Å². The zero-order chi connectivity index (χ0) is 14.0. The van der Waals surface area contributed by atoms with Crippen molar-refractivity contribution in [3.63, 3.8) is 0 Å². The lowest BCUT2D eigenvalue weighted by atomic mass is 9.99. The van der Waals surface area contributed by atoms with Crippen molar-refractivity contribution >= 4 is 0 Å². The van der Waals surface area contributed by atoms with E-state index in [-0.39, 0.29) is 6.10 Å². The molecule has 0 radical (unpaired) electrons. The maximum atomic E-state index is 10.5. The first-order valence-corrected chi connectivity index (χ1v) is 6.27. The van der Waals surface area contributed by atoms with Gasteiger partial charge in [0.05, 0.1) is 7.11 Å². The summed E-state index contributed by atoms with van der Waals surface area (Å²) in [6.45, 7) is 7.37. The first kappa shape index (κ1) is 14.1. The predicted octanol–water partition coefficient (Wildman–Crippen LogP) is 2.43. The molecule has 19 heavy (non-hydrogen) atoms. The number of aliphatic hydroxyl groups excluding tert-OH is 1. The Bertz CT molecular complexity index is 455. The Hall–Kier alpha value is -1.36. The van der Waals surface area contributed by atoms with Crippen LogP contribution < -0.4 is 4.74 Å². The standard InChI is InChI=1S/C15H20O4/c1-5-11-14(19-15(2,3)18-11)13(16)10-8-6-7-9-12(10)17-4/h5-9,11,13-14,16H,1H2,2-4H3/t11-,13+,14-/m1/s1. The largest absolute Gasteiger partial charge is 0.496 e. The van der Waals surface area contributed by atoms with Gasteiger partial charge in [-0.2, -0.15) is 0 Å². The zero-order valence-corrected chi connectivity index (χ0v) is 11.5. The molecule has 0 unspecified atom stereocenters. The fourth-order valence-electron chi connectivity index (χ4n) is 2.33. The molecule has 1 fully saturated rings. The highest BCUT2D eigenvalue weighted by molar-refractivity contribution is 5.36. The molecule has 1 aliphatic rings. The molecule has 4 nitrogen and oxygen atoms in total. The lowest BCUT2D eigenvalue weighted by Gasteiger charge is -2.23. The minimum atomic E-state index is -0.832. The number of para-hydroxylation sites is 1. The van der Waals surface area contributed by atoms with Crippen molar-refractivity contribution < 1.29 is 19.3 Å². The van der Waals surface area contributed by atoms with Gasteiger partial charge in [-0.25, -0.2) is 0 Å². The highest BCUT2D eigenvalue weighted by Gasteiger charge is 2.44. The highest BCUT2D eigenvalue weighted by atomic mass is 16.8. The first-order chi connectivity index (χ1) is 8.98. The molecular weight excluding hydrogens is 244 g/mol. The molecule has 1 heterocycles. The smallest absolute Gasteiger partial charge is 0.164 e. The van der Waals surface area contributed by atoms with Crippen LogP contribution in [0.4, 0.5) is 0 Å². The third-order valence-electron chi connectivity index (χ3n) is 3.16. The van der Waals surface area contributed by atoms with Crippen LogP contribution in [-0.4, -0.2) is 30.2 Å². The van der Waals surface area contributed by atoms with Gasteiger partial charge in [-0.1, -0.05) is 24.3 Å². The van der Waals surface area contributed by atoms with Crippen molar-refractivity contribution in [2.75, 3.05) is 7.11 Å². The topological polar surface area (TPSA) is 47.9 Å². The van der Waals surface area contributed by atoms with Gasteiger partial charge in [0.25, 0.3) is 0 Å². The van der Waals surface area contributed by atoms with Crippen LogP contribution in [0.2, 0.25) is 0 Å². The average molecular weight is 264 g/mol. The summed E-state index contributed by atoms with van der Waals surface area (Å²) >= 11 is 0. The van der Waals surface area contributed by atoms with E-state index in [0.717, 1.165) is 0 Å². The summed E-state index contributed by atoms with van der Waals surface area (Å²) in [5.41, 5.74) is 0.683. The van der Waals surface area contributed by atoms with E-state index >= 15 is 0 Å². The normalized spacial score (nSPS) is 26.9. The minimum absolute atomic E-state index is 0.352. The Kier molecular flexibility index (Phi) is 3.94. The molecule has 3 atom stereocenters. The van der Waals surface area contributed by atoms with E-state index in [1.807, 2.05) is 38.1 Å². The van der Waals surface area contributed by atoms with E-state index in [4.69, 9.17) is 14.2 Å². The van der Waals surface area contributed by atoms with Gasteiger partial charge >= 0.3 is 0 Å². The van der Waals surface area contributed by atoms with E-state index in [1.165, 1.54) is 0 Å². The number of hydrogen-bond donors (Lipinski definition) is 1. The molecule has 0 aliphatic carbocycles. The van der Waals surface area contributed by atoms with E-state index < -0.39 is 18.0 Å². The third-order valence-corrected chi connectivity index (χ3v) is 3.16. The Morgan fingerprint density at radius 3 is 2.68 bits per heavy atom. The van der Waals surface area contributed by atoms with Crippen LogP contribution in [0, 0.1) is 0 Å².